The van der Waals surface area contributed by atoms with E-state index in [-0.39, 0.29) is 10.6 Å². The van der Waals surface area contributed by atoms with Crippen molar-refractivity contribution < 1.29 is 23.5 Å². The Balaban J connectivity index is 2.05. The minimum absolute atomic E-state index is 0.227. The molecule has 0 bridgehead atoms. The molecule has 3 unspecified atom stereocenters. The van der Waals surface area contributed by atoms with Crippen LogP contribution in [0.3, 0.4) is 0 Å². The van der Waals surface area contributed by atoms with Gasteiger partial charge in [-0.25, -0.2) is 13.6 Å². The zero-order valence-electron chi connectivity index (χ0n) is 10.3. The minimum atomic E-state index is -1.57. The molecule has 1 aromatic carbocycles. The third-order valence-electron chi connectivity index (χ3n) is 3.27. The first-order chi connectivity index (χ1) is 9.45. The van der Waals surface area contributed by atoms with Gasteiger partial charge < -0.3 is 10.4 Å². The molecule has 0 radical (unpaired) electrons. The molecule has 20 heavy (non-hydrogen) atoms. The van der Waals surface area contributed by atoms with Crippen LogP contribution in [0.1, 0.15) is 17.9 Å². The number of hydrogen-bond acceptors (Lipinski definition) is 2. The first-order valence-corrected chi connectivity index (χ1v) is 6.36. The number of nitrogens with one attached hydrogen (secondary N) is 1. The quantitative estimate of drug-likeness (QED) is 0.875. The molecule has 1 saturated carbocycles. The zero-order chi connectivity index (χ0) is 14.9. The van der Waals surface area contributed by atoms with Crippen LogP contribution in [0, 0.1) is 11.7 Å². The fraction of sp³-hybridized carbons (Fsp3) is 0.385. The summed E-state index contributed by atoms with van der Waals surface area (Å²) in [4.78, 5) is 22.4. The summed E-state index contributed by atoms with van der Waals surface area (Å²) in [6.45, 7) is -1.20. The molecule has 0 saturated heterocycles. The molecular weight excluding hydrogens is 292 g/mol. The number of hydrogen-bond donors (Lipinski definition) is 2. The maximum Gasteiger partial charge on any atom is 0.328 e. The highest BCUT2D eigenvalue weighted by atomic mass is 35.5. The van der Waals surface area contributed by atoms with Gasteiger partial charge in [0.1, 0.15) is 12.5 Å². The molecule has 2 N–H and O–H groups in total. The monoisotopic (exact) mass is 303 g/mol. The molecule has 4 nitrogen and oxygen atoms in total. The average Bonchev–Trinajstić information content (AvgIpc) is 3.15. The van der Waals surface area contributed by atoms with E-state index in [0.29, 0.717) is 6.42 Å². The van der Waals surface area contributed by atoms with E-state index in [4.69, 9.17) is 16.7 Å². The van der Waals surface area contributed by atoms with Gasteiger partial charge in [0.25, 0.3) is 0 Å². The number of carboxylic acids is 1. The molecule has 0 spiro atoms. The Morgan fingerprint density at radius 3 is 2.75 bits per heavy atom. The molecule has 0 aromatic heterocycles. The summed E-state index contributed by atoms with van der Waals surface area (Å²) in [5, 5.41) is 11.0. The largest absolute Gasteiger partial charge is 0.480 e. The number of rotatable bonds is 5. The van der Waals surface area contributed by atoms with E-state index in [2.05, 4.69) is 5.32 Å². The molecule has 1 fully saturated rings. The van der Waals surface area contributed by atoms with Gasteiger partial charge in [-0.3, -0.25) is 4.79 Å². The van der Waals surface area contributed by atoms with E-state index < -0.39 is 42.2 Å². The molecule has 1 amide bonds. The van der Waals surface area contributed by atoms with Crippen LogP contribution >= 0.6 is 11.6 Å². The molecule has 7 heteroatoms. The third kappa shape index (κ3) is 2.90. The Kier molecular flexibility index (Phi) is 4.23. The van der Waals surface area contributed by atoms with E-state index >= 15 is 0 Å². The Morgan fingerprint density at radius 2 is 2.20 bits per heavy atom. The van der Waals surface area contributed by atoms with E-state index in [1.165, 1.54) is 18.2 Å². The molecule has 3 atom stereocenters. The average molecular weight is 304 g/mol. The number of aliphatic carboxylic acids is 1. The van der Waals surface area contributed by atoms with Gasteiger partial charge in [-0.15, -0.1) is 0 Å². The molecule has 1 aliphatic carbocycles. The van der Waals surface area contributed by atoms with Crippen molar-refractivity contribution in [3.8, 4) is 0 Å². The summed E-state index contributed by atoms with van der Waals surface area (Å²) in [6, 6.07) is 2.66. The highest BCUT2D eigenvalue weighted by molar-refractivity contribution is 6.31. The Morgan fingerprint density at radius 1 is 1.50 bits per heavy atom. The van der Waals surface area contributed by atoms with Crippen LogP contribution in [0.2, 0.25) is 5.02 Å². The second-order valence-electron chi connectivity index (χ2n) is 4.64. The highest BCUT2D eigenvalue weighted by Crippen LogP contribution is 2.50. The topological polar surface area (TPSA) is 66.4 Å². The molecule has 2 rings (SSSR count). The fourth-order valence-corrected chi connectivity index (χ4v) is 2.42. The van der Waals surface area contributed by atoms with Crippen molar-refractivity contribution in [1.82, 2.24) is 5.32 Å². The number of benzene rings is 1. The van der Waals surface area contributed by atoms with Crippen molar-refractivity contribution in [2.75, 3.05) is 6.67 Å². The Bertz CT molecular complexity index is 532. The van der Waals surface area contributed by atoms with Crippen LogP contribution in [0.15, 0.2) is 18.2 Å². The molecular formula is C13H12ClF2NO3. The van der Waals surface area contributed by atoms with Gasteiger partial charge in [0.15, 0.2) is 6.04 Å². The van der Waals surface area contributed by atoms with Crippen LogP contribution < -0.4 is 5.32 Å². The Hall–Kier alpha value is -1.69. The SMILES string of the molecule is O=C(O)C(CF)NC(=O)C1CC1c1c(F)cccc1Cl. The predicted molar refractivity (Wildman–Crippen MR) is 67.8 cm³/mol. The van der Waals surface area contributed by atoms with Gasteiger partial charge in [0.05, 0.1) is 0 Å². The van der Waals surface area contributed by atoms with Crippen LogP contribution in [-0.2, 0) is 9.59 Å². The van der Waals surface area contributed by atoms with Crippen molar-refractivity contribution >= 4 is 23.5 Å². The second kappa shape index (κ2) is 5.75. The molecule has 1 aliphatic rings. The summed E-state index contributed by atoms with van der Waals surface area (Å²) >= 11 is 5.89. The molecule has 108 valence electrons. The lowest BCUT2D eigenvalue weighted by molar-refractivity contribution is -0.142. The zero-order valence-corrected chi connectivity index (χ0v) is 11.0. The van der Waals surface area contributed by atoms with E-state index in [9.17, 15) is 18.4 Å². The van der Waals surface area contributed by atoms with Crippen molar-refractivity contribution in [2.24, 2.45) is 5.92 Å². The lowest BCUT2D eigenvalue weighted by Gasteiger charge is -2.11. The summed E-state index contributed by atoms with van der Waals surface area (Å²) in [5.41, 5.74) is 0.251. The van der Waals surface area contributed by atoms with Gasteiger partial charge in [-0.05, 0) is 18.6 Å². The van der Waals surface area contributed by atoms with Crippen LogP contribution in [0.5, 0.6) is 0 Å². The fourth-order valence-electron chi connectivity index (χ4n) is 2.11. The second-order valence-corrected chi connectivity index (χ2v) is 5.04. The predicted octanol–water partition coefficient (Wildman–Crippen LogP) is 2.12. The summed E-state index contributed by atoms with van der Waals surface area (Å²) in [6.07, 6.45) is 0.366. The minimum Gasteiger partial charge on any atom is -0.480 e. The van der Waals surface area contributed by atoms with E-state index in [1.807, 2.05) is 0 Å². The molecule has 0 heterocycles. The van der Waals surface area contributed by atoms with Crippen molar-refractivity contribution in [1.29, 1.82) is 0 Å². The number of amides is 1. The van der Waals surface area contributed by atoms with Crippen molar-refractivity contribution in [3.63, 3.8) is 0 Å². The first-order valence-electron chi connectivity index (χ1n) is 5.98. The smallest absolute Gasteiger partial charge is 0.328 e. The summed E-state index contributed by atoms with van der Waals surface area (Å²) in [7, 11) is 0. The molecule has 1 aromatic rings. The van der Waals surface area contributed by atoms with Crippen molar-refractivity contribution in [3.05, 3.63) is 34.6 Å². The lowest BCUT2D eigenvalue weighted by atomic mass is 10.1. The summed E-state index contributed by atoms with van der Waals surface area (Å²) < 4.78 is 26.1. The number of alkyl halides is 1. The maximum absolute atomic E-state index is 13.7. The number of carboxylic acid groups (broad SMARTS) is 1. The number of carbonyl (C=O) groups is 2. The summed E-state index contributed by atoms with van der Waals surface area (Å²) in [5.74, 6) is -3.50. The van der Waals surface area contributed by atoms with E-state index in [0.717, 1.165) is 0 Å². The van der Waals surface area contributed by atoms with Crippen LogP contribution in [-0.4, -0.2) is 29.7 Å². The van der Waals surface area contributed by atoms with Crippen molar-refractivity contribution in [2.45, 2.75) is 18.4 Å². The standard InChI is InChI=1S/C13H12ClF2NO3/c14-8-2-1-3-9(16)11(8)6-4-7(6)12(18)17-10(5-15)13(19)20/h1-3,6-7,10H,4-5H2,(H,17,18)(H,19,20). The normalized spacial score (nSPS) is 22.1. The lowest BCUT2D eigenvalue weighted by Crippen LogP contribution is -2.43. The number of carbonyl (C=O) groups excluding carboxylic acids is 1. The first kappa shape index (κ1) is 14.7. The third-order valence-corrected chi connectivity index (χ3v) is 3.60. The molecule has 0 aliphatic heterocycles. The van der Waals surface area contributed by atoms with Crippen LogP contribution in [0.4, 0.5) is 8.78 Å². The van der Waals surface area contributed by atoms with Gasteiger partial charge in [0, 0.05) is 22.4 Å². The van der Waals surface area contributed by atoms with Gasteiger partial charge >= 0.3 is 5.97 Å². The maximum atomic E-state index is 13.7. The van der Waals surface area contributed by atoms with Gasteiger partial charge in [-0.2, -0.15) is 0 Å². The van der Waals surface area contributed by atoms with E-state index in [1.54, 1.807) is 0 Å². The van der Waals surface area contributed by atoms with Gasteiger partial charge in [0.2, 0.25) is 5.91 Å². The Labute approximate surface area is 118 Å². The van der Waals surface area contributed by atoms with Crippen LogP contribution in [0.25, 0.3) is 0 Å². The number of halogens is 3. The van der Waals surface area contributed by atoms with Gasteiger partial charge in [-0.1, -0.05) is 17.7 Å². The highest BCUT2D eigenvalue weighted by Gasteiger charge is 2.46.